The molecule has 1 heterocycles. The summed E-state index contributed by atoms with van der Waals surface area (Å²) in [4.78, 5) is 28.2. The van der Waals surface area contributed by atoms with E-state index in [1.54, 1.807) is 35.6 Å². The second-order valence-electron chi connectivity index (χ2n) is 9.00. The van der Waals surface area contributed by atoms with Gasteiger partial charge in [-0.2, -0.15) is 0 Å². The number of nitrogens with zero attached hydrogens (tertiary/aromatic N) is 1. The minimum absolute atomic E-state index is 0.0493. The number of hydrogen-bond donors (Lipinski definition) is 3. The summed E-state index contributed by atoms with van der Waals surface area (Å²) in [5.41, 5.74) is 3.55. The third kappa shape index (κ3) is 7.71. The third-order valence-electron chi connectivity index (χ3n) is 5.47. The Morgan fingerprint density at radius 1 is 0.971 bits per heavy atom. The Morgan fingerprint density at radius 3 is 2.38 bits per heavy atom. The summed E-state index contributed by atoms with van der Waals surface area (Å²) in [6, 6.07) is 19.2. The molecule has 0 radical (unpaired) electrons. The van der Waals surface area contributed by atoms with Crippen molar-refractivity contribution in [2.24, 2.45) is 5.92 Å². The van der Waals surface area contributed by atoms with Crippen LogP contribution in [-0.4, -0.2) is 37.5 Å². The standard InChI is InChI=1S/C27H34N4O2S/c1-19(2)15-20-10-12-21(13-11-20)25(31(3)4)18-29-27(33)30-23-8-5-7-22(16-23)26(32)28-17-24-9-6-14-34-24/h5-14,16,19,25H,15,17-18H2,1-4H3,(H,28,32)(H2,29,30,33). The first kappa shape index (κ1) is 25.5. The first-order valence-electron chi connectivity index (χ1n) is 11.5. The second kappa shape index (κ2) is 12.3. The highest BCUT2D eigenvalue weighted by Crippen LogP contribution is 2.19. The molecule has 0 aliphatic rings. The average Bonchev–Trinajstić information content (AvgIpc) is 3.32. The number of amides is 3. The van der Waals surface area contributed by atoms with E-state index in [1.165, 1.54) is 5.56 Å². The number of benzene rings is 2. The van der Waals surface area contributed by atoms with Crippen LogP contribution in [0.3, 0.4) is 0 Å². The third-order valence-corrected chi connectivity index (χ3v) is 6.35. The summed E-state index contributed by atoms with van der Waals surface area (Å²) in [7, 11) is 4.01. The van der Waals surface area contributed by atoms with Crippen LogP contribution in [0.15, 0.2) is 66.0 Å². The van der Waals surface area contributed by atoms with Crippen molar-refractivity contribution in [2.45, 2.75) is 32.9 Å². The van der Waals surface area contributed by atoms with E-state index in [0.717, 1.165) is 16.9 Å². The van der Waals surface area contributed by atoms with Gasteiger partial charge in [0.15, 0.2) is 0 Å². The van der Waals surface area contributed by atoms with Crippen LogP contribution in [0.4, 0.5) is 10.5 Å². The molecule has 3 aromatic rings. The van der Waals surface area contributed by atoms with Crippen molar-refractivity contribution in [3.63, 3.8) is 0 Å². The summed E-state index contributed by atoms with van der Waals surface area (Å²) >= 11 is 1.60. The molecule has 0 fully saturated rings. The van der Waals surface area contributed by atoms with E-state index in [-0.39, 0.29) is 18.0 Å². The summed E-state index contributed by atoms with van der Waals surface area (Å²) in [6.45, 7) is 5.38. The molecule has 6 nitrogen and oxygen atoms in total. The molecule has 0 saturated carbocycles. The molecule has 0 aliphatic heterocycles. The zero-order valence-corrected chi connectivity index (χ0v) is 21.1. The van der Waals surface area contributed by atoms with Crippen LogP contribution in [0.2, 0.25) is 0 Å². The van der Waals surface area contributed by atoms with Gasteiger partial charge in [0.2, 0.25) is 0 Å². The van der Waals surface area contributed by atoms with Crippen LogP contribution in [0, 0.1) is 5.92 Å². The largest absolute Gasteiger partial charge is 0.347 e. The van der Waals surface area contributed by atoms with Gasteiger partial charge in [-0.1, -0.05) is 50.2 Å². The highest BCUT2D eigenvalue weighted by molar-refractivity contribution is 7.09. The van der Waals surface area contributed by atoms with Crippen molar-refractivity contribution < 1.29 is 9.59 Å². The molecular formula is C27H34N4O2S. The topological polar surface area (TPSA) is 73.5 Å². The van der Waals surface area contributed by atoms with Gasteiger partial charge in [0, 0.05) is 22.7 Å². The lowest BCUT2D eigenvalue weighted by Gasteiger charge is -2.25. The van der Waals surface area contributed by atoms with Crippen LogP contribution in [0.1, 0.15) is 46.3 Å². The second-order valence-corrected chi connectivity index (χ2v) is 10.0. The summed E-state index contributed by atoms with van der Waals surface area (Å²) in [5.74, 6) is 0.442. The molecule has 3 rings (SSSR count). The van der Waals surface area contributed by atoms with E-state index < -0.39 is 0 Å². The number of hydrogen-bond acceptors (Lipinski definition) is 4. The highest BCUT2D eigenvalue weighted by Gasteiger charge is 2.16. The van der Waals surface area contributed by atoms with E-state index in [1.807, 2.05) is 31.6 Å². The number of carbonyl (C=O) groups excluding carboxylic acids is 2. The predicted octanol–water partition coefficient (Wildman–Crippen LogP) is 5.30. The summed E-state index contributed by atoms with van der Waals surface area (Å²) in [6.07, 6.45) is 1.05. The van der Waals surface area contributed by atoms with Gasteiger partial charge in [-0.25, -0.2) is 4.79 Å². The number of anilines is 1. The van der Waals surface area contributed by atoms with Crippen molar-refractivity contribution in [3.05, 3.63) is 87.6 Å². The normalized spacial score (nSPS) is 11.9. The first-order chi connectivity index (χ1) is 16.3. The van der Waals surface area contributed by atoms with E-state index in [2.05, 4.69) is 59.0 Å². The SMILES string of the molecule is CC(C)Cc1ccc(C(CNC(=O)Nc2cccc(C(=O)NCc3cccs3)c2)N(C)C)cc1. The van der Waals surface area contributed by atoms with Crippen LogP contribution in [-0.2, 0) is 13.0 Å². The number of nitrogens with one attached hydrogen (secondary N) is 3. The molecule has 1 unspecified atom stereocenters. The smallest absolute Gasteiger partial charge is 0.319 e. The van der Waals surface area contributed by atoms with Crippen molar-refractivity contribution >= 4 is 29.0 Å². The van der Waals surface area contributed by atoms with Crippen molar-refractivity contribution in [3.8, 4) is 0 Å². The minimum atomic E-state index is -0.306. The van der Waals surface area contributed by atoms with Gasteiger partial charge in [-0.05, 0) is 67.2 Å². The molecule has 34 heavy (non-hydrogen) atoms. The Hall–Kier alpha value is -3.16. The zero-order valence-electron chi connectivity index (χ0n) is 20.3. The van der Waals surface area contributed by atoms with Gasteiger partial charge < -0.3 is 20.9 Å². The lowest BCUT2D eigenvalue weighted by molar-refractivity contribution is 0.0951. The Kier molecular flexibility index (Phi) is 9.24. The van der Waals surface area contributed by atoms with Gasteiger partial charge in [0.05, 0.1) is 12.6 Å². The van der Waals surface area contributed by atoms with E-state index in [0.29, 0.717) is 30.3 Å². The Bertz CT molecular complexity index is 1060. The van der Waals surface area contributed by atoms with Crippen LogP contribution in [0.25, 0.3) is 0 Å². The van der Waals surface area contributed by atoms with Crippen molar-refractivity contribution in [1.82, 2.24) is 15.5 Å². The molecule has 180 valence electrons. The van der Waals surface area contributed by atoms with Gasteiger partial charge in [0.1, 0.15) is 0 Å². The fourth-order valence-corrected chi connectivity index (χ4v) is 4.38. The van der Waals surface area contributed by atoms with Gasteiger partial charge in [-0.15, -0.1) is 11.3 Å². The number of rotatable bonds is 10. The minimum Gasteiger partial charge on any atom is -0.347 e. The quantitative estimate of drug-likeness (QED) is 0.370. The van der Waals surface area contributed by atoms with Crippen molar-refractivity contribution in [1.29, 1.82) is 0 Å². The molecule has 1 atom stereocenters. The fourth-order valence-electron chi connectivity index (χ4n) is 3.73. The number of likely N-dealkylation sites (N-methyl/N-ethyl adjacent to an activating group) is 1. The Balaban J connectivity index is 1.54. The molecule has 7 heteroatoms. The molecule has 0 spiro atoms. The molecule has 3 amide bonds. The lowest BCUT2D eigenvalue weighted by atomic mass is 9.99. The Labute approximate surface area is 206 Å². The fraction of sp³-hybridized carbons (Fsp3) is 0.333. The van der Waals surface area contributed by atoms with Gasteiger partial charge >= 0.3 is 6.03 Å². The van der Waals surface area contributed by atoms with E-state index in [9.17, 15) is 9.59 Å². The number of urea groups is 1. The maximum Gasteiger partial charge on any atom is 0.319 e. The highest BCUT2D eigenvalue weighted by atomic mass is 32.1. The monoisotopic (exact) mass is 478 g/mol. The molecule has 0 aliphatic carbocycles. The molecule has 0 bridgehead atoms. The molecular weight excluding hydrogens is 444 g/mol. The van der Waals surface area contributed by atoms with Gasteiger partial charge in [-0.3, -0.25) is 4.79 Å². The number of carbonyl (C=O) groups is 2. The molecule has 2 aromatic carbocycles. The summed E-state index contributed by atoms with van der Waals surface area (Å²) in [5, 5.41) is 10.7. The molecule has 1 aromatic heterocycles. The molecule has 3 N–H and O–H groups in total. The van der Waals surface area contributed by atoms with Crippen LogP contribution in [0.5, 0.6) is 0 Å². The zero-order chi connectivity index (χ0) is 24.5. The van der Waals surface area contributed by atoms with Crippen molar-refractivity contribution in [2.75, 3.05) is 26.0 Å². The lowest BCUT2D eigenvalue weighted by Crippen LogP contribution is -2.37. The predicted molar refractivity (Wildman–Crippen MR) is 140 cm³/mol. The average molecular weight is 479 g/mol. The number of thiophene rings is 1. The van der Waals surface area contributed by atoms with Crippen LogP contribution >= 0.6 is 11.3 Å². The first-order valence-corrected chi connectivity index (χ1v) is 12.4. The van der Waals surface area contributed by atoms with Gasteiger partial charge in [0.25, 0.3) is 5.91 Å². The Morgan fingerprint density at radius 2 is 1.74 bits per heavy atom. The maximum atomic E-state index is 12.6. The van der Waals surface area contributed by atoms with E-state index in [4.69, 9.17) is 0 Å². The van der Waals surface area contributed by atoms with E-state index >= 15 is 0 Å². The van der Waals surface area contributed by atoms with Crippen LogP contribution < -0.4 is 16.0 Å². The summed E-state index contributed by atoms with van der Waals surface area (Å²) < 4.78 is 0. The molecule has 0 saturated heterocycles. The maximum absolute atomic E-state index is 12.6.